The molecule has 1 aliphatic rings. The van der Waals surface area contributed by atoms with Crippen molar-refractivity contribution in [2.75, 3.05) is 6.61 Å². The van der Waals surface area contributed by atoms with E-state index in [9.17, 15) is 5.26 Å². The fraction of sp³-hybridized carbons (Fsp3) is 0.375. The van der Waals surface area contributed by atoms with Gasteiger partial charge in [-0.15, -0.1) is 11.3 Å². The van der Waals surface area contributed by atoms with E-state index in [4.69, 9.17) is 4.74 Å². The number of hydrogen-bond acceptors (Lipinski definition) is 4. The Bertz CT molecular complexity index is 629. The number of fused-ring (bicyclic) bond motifs is 1. The first-order valence-corrected chi connectivity index (χ1v) is 7.83. The highest BCUT2D eigenvalue weighted by Gasteiger charge is 2.15. The fourth-order valence-corrected chi connectivity index (χ4v) is 3.20. The Kier molecular flexibility index (Phi) is 3.98. The number of hydrogen-bond donors (Lipinski definition) is 0. The van der Waals surface area contributed by atoms with E-state index in [0.29, 0.717) is 18.1 Å². The van der Waals surface area contributed by atoms with Gasteiger partial charge in [0, 0.05) is 17.0 Å². The minimum atomic E-state index is 0.504. The summed E-state index contributed by atoms with van der Waals surface area (Å²) in [4.78, 5) is 5.85. The van der Waals surface area contributed by atoms with Crippen LogP contribution in [0, 0.1) is 11.3 Å². The van der Waals surface area contributed by atoms with Crippen molar-refractivity contribution in [2.45, 2.75) is 32.1 Å². The molecule has 1 aliphatic carbocycles. The number of ether oxygens (including phenoxy) is 1. The predicted molar refractivity (Wildman–Crippen MR) is 79.1 cm³/mol. The van der Waals surface area contributed by atoms with E-state index in [1.165, 1.54) is 23.3 Å². The van der Waals surface area contributed by atoms with Gasteiger partial charge in [-0.25, -0.2) is 4.98 Å². The first-order valence-electron chi connectivity index (χ1n) is 6.95. The lowest BCUT2D eigenvalue weighted by molar-refractivity contribution is 0.308. The molecule has 0 saturated heterocycles. The van der Waals surface area contributed by atoms with Gasteiger partial charge in [0.1, 0.15) is 11.6 Å². The van der Waals surface area contributed by atoms with Gasteiger partial charge in [-0.1, -0.05) is 6.07 Å². The third-order valence-electron chi connectivity index (χ3n) is 3.55. The number of thiophene rings is 1. The Morgan fingerprint density at radius 2 is 2.25 bits per heavy atom. The van der Waals surface area contributed by atoms with Crippen LogP contribution in [0.2, 0.25) is 0 Å². The SMILES string of the molecule is N#Cc1cc2c(nc1OCCc1cccs1)CCCC2. The van der Waals surface area contributed by atoms with E-state index in [2.05, 4.69) is 22.5 Å². The van der Waals surface area contributed by atoms with Crippen LogP contribution in [-0.4, -0.2) is 11.6 Å². The van der Waals surface area contributed by atoms with Gasteiger partial charge in [-0.2, -0.15) is 5.26 Å². The summed E-state index contributed by atoms with van der Waals surface area (Å²) in [5.74, 6) is 0.504. The van der Waals surface area contributed by atoms with Crippen LogP contribution in [0.3, 0.4) is 0 Å². The lowest BCUT2D eigenvalue weighted by atomic mass is 9.95. The maximum atomic E-state index is 9.24. The molecule has 0 amide bonds. The molecular formula is C16H16N2OS. The molecule has 3 rings (SSSR count). The Hall–Kier alpha value is -1.86. The fourth-order valence-electron chi connectivity index (χ4n) is 2.51. The van der Waals surface area contributed by atoms with Crippen molar-refractivity contribution in [1.82, 2.24) is 4.98 Å². The number of pyridine rings is 1. The molecule has 2 aromatic rings. The lowest BCUT2D eigenvalue weighted by Crippen LogP contribution is -2.10. The van der Waals surface area contributed by atoms with Crippen molar-refractivity contribution in [1.29, 1.82) is 5.26 Å². The maximum Gasteiger partial charge on any atom is 0.231 e. The highest BCUT2D eigenvalue weighted by atomic mass is 32.1. The third-order valence-corrected chi connectivity index (χ3v) is 4.49. The Balaban J connectivity index is 1.73. The van der Waals surface area contributed by atoms with E-state index in [0.717, 1.165) is 25.0 Å². The Labute approximate surface area is 122 Å². The summed E-state index contributed by atoms with van der Waals surface area (Å²) in [7, 11) is 0. The highest BCUT2D eigenvalue weighted by molar-refractivity contribution is 7.09. The first-order chi connectivity index (χ1) is 9.86. The molecule has 0 aromatic carbocycles. The molecule has 0 aliphatic heterocycles. The quantitative estimate of drug-likeness (QED) is 0.863. The van der Waals surface area contributed by atoms with Crippen molar-refractivity contribution < 1.29 is 4.74 Å². The summed E-state index contributed by atoms with van der Waals surface area (Å²) in [5, 5.41) is 11.3. The van der Waals surface area contributed by atoms with Crippen LogP contribution in [0.4, 0.5) is 0 Å². The largest absolute Gasteiger partial charge is 0.476 e. The summed E-state index contributed by atoms with van der Waals surface area (Å²) in [6.07, 6.45) is 5.27. The number of rotatable bonds is 4. The van der Waals surface area contributed by atoms with Crippen LogP contribution in [0.15, 0.2) is 23.6 Å². The van der Waals surface area contributed by atoms with E-state index >= 15 is 0 Å². The summed E-state index contributed by atoms with van der Waals surface area (Å²) >= 11 is 1.73. The molecule has 102 valence electrons. The zero-order chi connectivity index (χ0) is 13.8. The number of nitrogens with zero attached hydrogens (tertiary/aromatic N) is 2. The minimum Gasteiger partial charge on any atom is -0.476 e. The van der Waals surface area contributed by atoms with Gasteiger partial charge in [0.05, 0.1) is 6.61 Å². The molecule has 0 spiro atoms. The smallest absolute Gasteiger partial charge is 0.231 e. The number of aryl methyl sites for hydroxylation is 2. The zero-order valence-corrected chi connectivity index (χ0v) is 12.1. The second-order valence-corrected chi connectivity index (χ2v) is 5.98. The van der Waals surface area contributed by atoms with Gasteiger partial charge < -0.3 is 4.74 Å². The third kappa shape index (κ3) is 2.83. The van der Waals surface area contributed by atoms with Gasteiger partial charge in [0.15, 0.2) is 0 Å². The van der Waals surface area contributed by atoms with Crippen molar-refractivity contribution in [3.8, 4) is 11.9 Å². The van der Waals surface area contributed by atoms with Crippen molar-refractivity contribution in [3.05, 3.63) is 45.3 Å². The molecule has 0 N–H and O–H groups in total. The minimum absolute atomic E-state index is 0.504. The van der Waals surface area contributed by atoms with Crippen LogP contribution in [0.25, 0.3) is 0 Å². The molecule has 3 nitrogen and oxygen atoms in total. The average Bonchev–Trinajstić information content (AvgIpc) is 3.00. The molecule has 2 aromatic heterocycles. The predicted octanol–water partition coefficient (Wildman–Crippen LogP) is 3.52. The van der Waals surface area contributed by atoms with Crippen LogP contribution < -0.4 is 4.74 Å². The number of nitriles is 1. The number of aromatic nitrogens is 1. The summed E-state index contributed by atoms with van der Waals surface area (Å²) < 4.78 is 5.74. The zero-order valence-electron chi connectivity index (χ0n) is 11.3. The topological polar surface area (TPSA) is 45.9 Å². The van der Waals surface area contributed by atoms with Gasteiger partial charge in [0.25, 0.3) is 0 Å². The summed E-state index contributed by atoms with van der Waals surface area (Å²) in [5.41, 5.74) is 2.90. The molecule has 0 atom stereocenters. The molecule has 0 saturated carbocycles. The van der Waals surface area contributed by atoms with Gasteiger partial charge >= 0.3 is 0 Å². The molecule has 0 radical (unpaired) electrons. The normalized spacial score (nSPS) is 13.6. The summed E-state index contributed by atoms with van der Waals surface area (Å²) in [6.45, 7) is 0.570. The van der Waals surface area contributed by atoms with Crippen molar-refractivity contribution >= 4 is 11.3 Å². The molecule has 4 heteroatoms. The van der Waals surface area contributed by atoms with E-state index in [1.54, 1.807) is 11.3 Å². The monoisotopic (exact) mass is 284 g/mol. The van der Waals surface area contributed by atoms with Gasteiger partial charge in [-0.3, -0.25) is 0 Å². The second kappa shape index (κ2) is 6.06. The van der Waals surface area contributed by atoms with Crippen molar-refractivity contribution in [3.63, 3.8) is 0 Å². The Morgan fingerprint density at radius 3 is 3.05 bits per heavy atom. The highest BCUT2D eigenvalue weighted by Crippen LogP contribution is 2.25. The molecule has 2 heterocycles. The van der Waals surface area contributed by atoms with E-state index in [1.807, 2.05) is 12.1 Å². The van der Waals surface area contributed by atoms with Crippen LogP contribution >= 0.6 is 11.3 Å². The molecular weight excluding hydrogens is 268 g/mol. The molecule has 0 fully saturated rings. The molecule has 0 unspecified atom stereocenters. The first kappa shape index (κ1) is 13.1. The summed E-state index contributed by atoms with van der Waals surface area (Å²) in [6, 6.07) is 8.30. The van der Waals surface area contributed by atoms with E-state index in [-0.39, 0.29) is 0 Å². The molecule has 20 heavy (non-hydrogen) atoms. The van der Waals surface area contributed by atoms with E-state index < -0.39 is 0 Å². The van der Waals surface area contributed by atoms with Crippen molar-refractivity contribution in [2.24, 2.45) is 0 Å². The van der Waals surface area contributed by atoms with Crippen LogP contribution in [0.5, 0.6) is 5.88 Å². The van der Waals surface area contributed by atoms with Gasteiger partial charge in [0.2, 0.25) is 5.88 Å². The molecule has 0 bridgehead atoms. The lowest BCUT2D eigenvalue weighted by Gasteiger charge is -2.16. The standard InChI is InChI=1S/C16H16N2OS/c17-11-13-10-12-4-1-2-6-15(12)18-16(13)19-8-7-14-5-3-9-20-14/h3,5,9-10H,1-2,4,6-8H2. The average molecular weight is 284 g/mol. The van der Waals surface area contributed by atoms with Crippen LogP contribution in [0.1, 0.15) is 34.5 Å². The maximum absolute atomic E-state index is 9.24. The van der Waals surface area contributed by atoms with Crippen LogP contribution in [-0.2, 0) is 19.3 Å². The second-order valence-electron chi connectivity index (χ2n) is 4.94. The van der Waals surface area contributed by atoms with Gasteiger partial charge in [-0.05, 0) is 48.8 Å². The Morgan fingerprint density at radius 1 is 1.35 bits per heavy atom.